The lowest BCUT2D eigenvalue weighted by Crippen LogP contribution is -2.27. The Kier molecular flexibility index (Phi) is 3.64. The molecule has 0 radical (unpaired) electrons. The normalized spacial score (nSPS) is 10.9. The van der Waals surface area contributed by atoms with Crippen LogP contribution < -0.4 is 5.73 Å². The number of nitrogen functional groups attached to an aromatic ring is 1. The highest BCUT2D eigenvalue weighted by Gasteiger charge is 2.36. The van der Waals surface area contributed by atoms with E-state index in [4.69, 9.17) is 5.73 Å². The molecule has 0 aliphatic rings. The molecule has 3 rings (SSSR count). The van der Waals surface area contributed by atoms with Crippen molar-refractivity contribution in [1.82, 2.24) is 0 Å². The molecule has 0 aliphatic heterocycles. The molecule has 0 spiro atoms. The largest absolute Gasteiger partial charge is 0.399 e. The van der Waals surface area contributed by atoms with Crippen molar-refractivity contribution >= 4 is 5.69 Å². The molecular weight excluding hydrogens is 268 g/mol. The van der Waals surface area contributed by atoms with Gasteiger partial charge < -0.3 is 5.73 Å². The van der Waals surface area contributed by atoms with Crippen LogP contribution >= 0.6 is 0 Å². The summed E-state index contributed by atoms with van der Waals surface area (Å²) in [5.74, 6) is 0. The predicted molar refractivity (Wildman–Crippen MR) is 89.2 cm³/mol. The van der Waals surface area contributed by atoms with E-state index in [1.807, 2.05) is 84.9 Å². The summed E-state index contributed by atoms with van der Waals surface area (Å²) in [7, 11) is 0. The Balaban J connectivity index is 2.31. The van der Waals surface area contributed by atoms with E-state index >= 15 is 0 Å². The van der Waals surface area contributed by atoms with Crippen LogP contribution in [0.2, 0.25) is 0 Å². The molecule has 2 N–H and O–H groups in total. The van der Waals surface area contributed by atoms with Gasteiger partial charge in [0.1, 0.15) is 5.41 Å². The molecule has 2 nitrogen and oxygen atoms in total. The van der Waals surface area contributed by atoms with Crippen LogP contribution in [0.5, 0.6) is 0 Å². The van der Waals surface area contributed by atoms with E-state index in [0.717, 1.165) is 16.7 Å². The van der Waals surface area contributed by atoms with Crippen LogP contribution in [0.1, 0.15) is 16.7 Å². The van der Waals surface area contributed by atoms with Crippen LogP contribution in [0.4, 0.5) is 5.69 Å². The van der Waals surface area contributed by atoms with Gasteiger partial charge in [-0.2, -0.15) is 5.26 Å². The van der Waals surface area contributed by atoms with Crippen LogP contribution in [-0.4, -0.2) is 0 Å². The molecule has 106 valence electrons. The van der Waals surface area contributed by atoms with E-state index in [-0.39, 0.29) is 0 Å². The van der Waals surface area contributed by atoms with E-state index < -0.39 is 5.41 Å². The van der Waals surface area contributed by atoms with Crippen LogP contribution in [0.25, 0.3) is 0 Å². The third kappa shape index (κ3) is 2.23. The summed E-state index contributed by atoms with van der Waals surface area (Å²) in [6.07, 6.45) is 0. The number of rotatable bonds is 3. The summed E-state index contributed by atoms with van der Waals surface area (Å²) in [6, 6.07) is 29.8. The topological polar surface area (TPSA) is 49.8 Å². The zero-order valence-electron chi connectivity index (χ0n) is 12.1. The Labute approximate surface area is 130 Å². The van der Waals surface area contributed by atoms with E-state index in [9.17, 15) is 5.26 Å². The van der Waals surface area contributed by atoms with Crippen LogP contribution in [-0.2, 0) is 5.41 Å². The number of anilines is 1. The summed E-state index contributed by atoms with van der Waals surface area (Å²) in [5, 5.41) is 10.1. The molecule has 0 aromatic heterocycles. The second-order valence-corrected chi connectivity index (χ2v) is 5.22. The summed E-state index contributed by atoms with van der Waals surface area (Å²) in [6.45, 7) is 0. The third-order valence-corrected chi connectivity index (χ3v) is 3.93. The smallest absolute Gasteiger partial charge is 0.132 e. The molecular formula is C20H16N2. The molecule has 0 heterocycles. The van der Waals surface area contributed by atoms with E-state index in [1.165, 1.54) is 0 Å². The fourth-order valence-electron chi connectivity index (χ4n) is 2.80. The number of nitrogens with two attached hydrogens (primary N) is 1. The fraction of sp³-hybridized carbons (Fsp3) is 0.0500. The monoisotopic (exact) mass is 284 g/mol. The Morgan fingerprint density at radius 1 is 0.636 bits per heavy atom. The highest BCUT2D eigenvalue weighted by atomic mass is 14.5. The number of benzene rings is 3. The minimum atomic E-state index is -0.837. The van der Waals surface area contributed by atoms with Gasteiger partial charge in [0.15, 0.2) is 0 Å². The highest BCUT2D eigenvalue weighted by molar-refractivity contribution is 5.57. The Morgan fingerprint density at radius 3 is 1.45 bits per heavy atom. The number of nitriles is 1. The molecule has 0 fully saturated rings. The molecule has 0 saturated carbocycles. The first-order chi connectivity index (χ1) is 10.8. The van der Waals surface area contributed by atoms with Gasteiger partial charge in [0.25, 0.3) is 0 Å². The molecule has 3 aromatic rings. The van der Waals surface area contributed by atoms with Gasteiger partial charge in [0.05, 0.1) is 6.07 Å². The van der Waals surface area contributed by atoms with E-state index in [0.29, 0.717) is 5.69 Å². The number of hydrogen-bond donors (Lipinski definition) is 1. The lowest BCUT2D eigenvalue weighted by Gasteiger charge is -2.28. The standard InChI is InChI=1S/C20H16N2/c21-15-20(16-7-3-1-4-8-16,17-9-5-2-6-10-17)18-11-13-19(22)14-12-18/h1-14H,22H2. The van der Waals surface area contributed by atoms with Crippen molar-refractivity contribution in [2.45, 2.75) is 5.41 Å². The van der Waals surface area contributed by atoms with Crippen LogP contribution in [0.3, 0.4) is 0 Å². The van der Waals surface area contributed by atoms with Crippen molar-refractivity contribution in [1.29, 1.82) is 5.26 Å². The molecule has 22 heavy (non-hydrogen) atoms. The van der Waals surface area contributed by atoms with Crippen LogP contribution in [0, 0.1) is 11.3 Å². The van der Waals surface area contributed by atoms with Gasteiger partial charge in [-0.05, 0) is 28.8 Å². The van der Waals surface area contributed by atoms with Gasteiger partial charge in [-0.25, -0.2) is 0 Å². The zero-order chi connectivity index (χ0) is 15.4. The average molecular weight is 284 g/mol. The van der Waals surface area contributed by atoms with Gasteiger partial charge in [0, 0.05) is 5.69 Å². The first-order valence-electron chi connectivity index (χ1n) is 7.16. The lowest BCUT2D eigenvalue weighted by atomic mass is 9.70. The second-order valence-electron chi connectivity index (χ2n) is 5.22. The summed E-state index contributed by atoms with van der Waals surface area (Å²) in [4.78, 5) is 0. The summed E-state index contributed by atoms with van der Waals surface area (Å²) < 4.78 is 0. The first-order valence-corrected chi connectivity index (χ1v) is 7.16. The molecule has 0 aliphatic carbocycles. The van der Waals surface area contributed by atoms with E-state index in [2.05, 4.69) is 6.07 Å². The lowest BCUT2D eigenvalue weighted by molar-refractivity contribution is 0.795. The summed E-state index contributed by atoms with van der Waals surface area (Å²) in [5.41, 5.74) is 8.48. The Hall–Kier alpha value is -3.05. The maximum absolute atomic E-state index is 10.1. The van der Waals surface area contributed by atoms with Gasteiger partial charge >= 0.3 is 0 Å². The highest BCUT2D eigenvalue weighted by Crippen LogP contribution is 2.38. The maximum atomic E-state index is 10.1. The van der Waals surface area contributed by atoms with Gasteiger partial charge in [0.2, 0.25) is 0 Å². The number of nitrogens with zero attached hydrogens (tertiary/aromatic N) is 1. The van der Waals surface area contributed by atoms with Crippen molar-refractivity contribution in [3.8, 4) is 6.07 Å². The Bertz CT molecular complexity index is 745. The second kappa shape index (κ2) is 5.75. The first kappa shape index (κ1) is 13.9. The van der Waals surface area contributed by atoms with Crippen molar-refractivity contribution < 1.29 is 0 Å². The average Bonchev–Trinajstić information content (AvgIpc) is 2.59. The molecule has 2 heteroatoms. The minimum Gasteiger partial charge on any atom is -0.399 e. The predicted octanol–water partition coefficient (Wildman–Crippen LogP) is 4.13. The molecule has 0 unspecified atom stereocenters. The summed E-state index contributed by atoms with van der Waals surface area (Å²) >= 11 is 0. The maximum Gasteiger partial charge on any atom is 0.132 e. The molecule has 0 atom stereocenters. The molecule has 0 amide bonds. The van der Waals surface area contributed by atoms with Crippen molar-refractivity contribution in [3.05, 3.63) is 102 Å². The Morgan fingerprint density at radius 2 is 1.05 bits per heavy atom. The quantitative estimate of drug-likeness (QED) is 0.581. The fourth-order valence-corrected chi connectivity index (χ4v) is 2.80. The van der Waals surface area contributed by atoms with Crippen molar-refractivity contribution in [3.63, 3.8) is 0 Å². The van der Waals surface area contributed by atoms with E-state index in [1.54, 1.807) is 0 Å². The third-order valence-electron chi connectivity index (χ3n) is 3.93. The minimum absolute atomic E-state index is 0.691. The van der Waals surface area contributed by atoms with Gasteiger partial charge in [-0.3, -0.25) is 0 Å². The zero-order valence-corrected chi connectivity index (χ0v) is 12.1. The molecule has 0 bridgehead atoms. The van der Waals surface area contributed by atoms with Crippen molar-refractivity contribution in [2.75, 3.05) is 5.73 Å². The number of hydrogen-bond acceptors (Lipinski definition) is 2. The van der Waals surface area contributed by atoms with Gasteiger partial charge in [-0.1, -0.05) is 72.8 Å². The molecule has 0 saturated heterocycles. The van der Waals surface area contributed by atoms with Crippen molar-refractivity contribution in [2.24, 2.45) is 0 Å². The SMILES string of the molecule is N#CC(c1ccccc1)(c1ccccc1)c1ccc(N)cc1. The molecule has 3 aromatic carbocycles. The van der Waals surface area contributed by atoms with Gasteiger partial charge in [-0.15, -0.1) is 0 Å². The van der Waals surface area contributed by atoms with Crippen LogP contribution in [0.15, 0.2) is 84.9 Å².